The Kier molecular flexibility index (Phi) is 13.9. The van der Waals surface area contributed by atoms with Crippen LogP contribution >= 0.6 is 23.5 Å². The molecule has 0 rings (SSSR count). The van der Waals surface area contributed by atoms with Gasteiger partial charge in [-0.1, -0.05) is 0 Å². The molecule has 0 saturated carbocycles. The first-order valence-electron chi connectivity index (χ1n) is 9.19. The van der Waals surface area contributed by atoms with E-state index in [9.17, 15) is 24.0 Å². The number of rotatable bonds is 15. The minimum atomic E-state index is -1.38. The second kappa shape index (κ2) is 14.9. The van der Waals surface area contributed by atoms with Crippen molar-refractivity contribution < 1.29 is 29.1 Å². The number of carbonyl (C=O) groups is 5. The van der Waals surface area contributed by atoms with Gasteiger partial charge in [0.05, 0.1) is 12.5 Å². The van der Waals surface area contributed by atoms with Gasteiger partial charge in [-0.2, -0.15) is 23.5 Å². The highest BCUT2D eigenvalue weighted by molar-refractivity contribution is 7.98. The van der Waals surface area contributed by atoms with Gasteiger partial charge in [0.25, 0.3) is 0 Å². The first kappa shape index (κ1) is 28.0. The summed E-state index contributed by atoms with van der Waals surface area (Å²) in [5.41, 5.74) is 11.0. The third-order valence-electron chi connectivity index (χ3n) is 3.98. The summed E-state index contributed by atoms with van der Waals surface area (Å²) >= 11 is 3.00. The number of aliphatic carboxylic acids is 1. The Bertz CT molecular complexity index is 621. The minimum Gasteiger partial charge on any atom is -0.480 e. The summed E-state index contributed by atoms with van der Waals surface area (Å²) in [6.45, 7) is 1.24. The number of thioether (sulfide) groups is 2. The maximum atomic E-state index is 12.7. The van der Waals surface area contributed by atoms with Crippen LogP contribution in [0.5, 0.6) is 0 Å². The number of hydrogen-bond acceptors (Lipinski definition) is 8. The van der Waals surface area contributed by atoms with E-state index in [1.165, 1.54) is 30.4 Å². The summed E-state index contributed by atoms with van der Waals surface area (Å²) in [5, 5.41) is 16.0. The zero-order valence-electron chi connectivity index (χ0n) is 17.3. The maximum absolute atomic E-state index is 12.7. The first-order chi connectivity index (χ1) is 14.0. The summed E-state index contributed by atoms with van der Waals surface area (Å²) < 4.78 is 0. The van der Waals surface area contributed by atoms with Crippen molar-refractivity contribution in [1.82, 2.24) is 16.0 Å². The molecule has 0 heterocycles. The third kappa shape index (κ3) is 11.3. The third-order valence-corrected chi connectivity index (χ3v) is 5.27. The fraction of sp³-hybridized carbons (Fsp3) is 0.706. The first-order valence-corrected chi connectivity index (χ1v) is 12.0. The molecule has 4 atom stereocenters. The molecule has 0 saturated heterocycles. The van der Waals surface area contributed by atoms with Gasteiger partial charge in [-0.3, -0.25) is 24.0 Å². The van der Waals surface area contributed by atoms with Crippen LogP contribution in [-0.2, 0) is 24.0 Å². The monoisotopic (exact) mass is 465 g/mol. The summed E-state index contributed by atoms with van der Waals surface area (Å²) in [4.78, 5) is 59.5. The number of primary amides is 1. The van der Waals surface area contributed by atoms with Crippen molar-refractivity contribution in [3.05, 3.63) is 0 Å². The quantitative estimate of drug-likeness (QED) is 0.163. The molecule has 4 unspecified atom stereocenters. The molecule has 0 aromatic heterocycles. The molecule has 0 aromatic carbocycles. The SMILES string of the molecule is CSCCC(N)C(=O)NC(CCSC)C(=O)NC(CC(N)=O)C(=O)NC(C)C(=O)O. The number of hydrogen-bond donors (Lipinski definition) is 6. The van der Waals surface area contributed by atoms with Crippen LogP contribution in [0.25, 0.3) is 0 Å². The van der Waals surface area contributed by atoms with Gasteiger partial charge < -0.3 is 32.5 Å². The van der Waals surface area contributed by atoms with E-state index in [0.29, 0.717) is 17.9 Å². The molecule has 11 nitrogen and oxygen atoms in total. The topological polar surface area (TPSA) is 194 Å². The predicted molar refractivity (Wildman–Crippen MR) is 117 cm³/mol. The van der Waals surface area contributed by atoms with Crippen LogP contribution in [-0.4, -0.2) is 82.9 Å². The molecule has 8 N–H and O–H groups in total. The van der Waals surface area contributed by atoms with Crippen LogP contribution in [0.3, 0.4) is 0 Å². The van der Waals surface area contributed by atoms with Crippen molar-refractivity contribution in [3.8, 4) is 0 Å². The van der Waals surface area contributed by atoms with Crippen LogP contribution < -0.4 is 27.4 Å². The molecule has 0 aliphatic rings. The number of carboxylic acid groups (broad SMARTS) is 1. The lowest BCUT2D eigenvalue weighted by molar-refractivity contribution is -0.142. The second-order valence-electron chi connectivity index (χ2n) is 6.53. The van der Waals surface area contributed by atoms with Crippen LogP contribution in [0.15, 0.2) is 0 Å². The molecule has 0 aliphatic carbocycles. The van der Waals surface area contributed by atoms with E-state index in [4.69, 9.17) is 16.6 Å². The molecule has 0 aliphatic heterocycles. The molecule has 0 aromatic rings. The molecule has 0 spiro atoms. The van der Waals surface area contributed by atoms with Crippen molar-refractivity contribution >= 4 is 53.1 Å². The molecule has 0 bridgehead atoms. The molecule has 0 fully saturated rings. The molecular formula is C17H31N5O6S2. The number of carboxylic acids is 1. The number of carbonyl (C=O) groups excluding carboxylic acids is 4. The smallest absolute Gasteiger partial charge is 0.325 e. The Balaban J connectivity index is 5.26. The minimum absolute atomic E-state index is 0.268. The summed E-state index contributed by atoms with van der Waals surface area (Å²) in [6.07, 6.45) is 3.89. The Morgan fingerprint density at radius 2 is 1.37 bits per heavy atom. The molecule has 30 heavy (non-hydrogen) atoms. The van der Waals surface area contributed by atoms with Gasteiger partial charge in [0.2, 0.25) is 23.6 Å². The largest absolute Gasteiger partial charge is 0.480 e. The average Bonchev–Trinajstić information content (AvgIpc) is 2.67. The normalized spacial score (nSPS) is 14.7. The molecule has 13 heteroatoms. The molecule has 172 valence electrons. The van der Waals surface area contributed by atoms with Crippen molar-refractivity contribution in [3.63, 3.8) is 0 Å². The number of nitrogens with two attached hydrogens (primary N) is 2. The maximum Gasteiger partial charge on any atom is 0.325 e. The van der Waals surface area contributed by atoms with Crippen molar-refractivity contribution in [2.45, 2.75) is 50.4 Å². The van der Waals surface area contributed by atoms with Crippen LogP contribution in [0.1, 0.15) is 26.2 Å². The van der Waals surface area contributed by atoms with Gasteiger partial charge in [0.15, 0.2) is 0 Å². The standard InChI is InChI=1S/C17H31N5O6S2/c1-9(17(27)28)20-16(26)12(8-13(19)23)22-15(25)11(5-7-30-3)21-14(24)10(18)4-6-29-2/h9-12H,4-8,18H2,1-3H3,(H2,19,23)(H,20,26)(H,21,24)(H,22,25)(H,27,28). The van der Waals surface area contributed by atoms with Gasteiger partial charge in [-0.05, 0) is 43.8 Å². The lowest BCUT2D eigenvalue weighted by Crippen LogP contribution is -2.57. The number of amides is 4. The van der Waals surface area contributed by atoms with Gasteiger partial charge in [-0.15, -0.1) is 0 Å². The molecular weight excluding hydrogens is 434 g/mol. The van der Waals surface area contributed by atoms with Crippen molar-refractivity contribution in [2.75, 3.05) is 24.0 Å². The highest BCUT2D eigenvalue weighted by Crippen LogP contribution is 2.05. The predicted octanol–water partition coefficient (Wildman–Crippen LogP) is -1.75. The molecule has 4 amide bonds. The van der Waals surface area contributed by atoms with Gasteiger partial charge in [-0.25, -0.2) is 0 Å². The second-order valence-corrected chi connectivity index (χ2v) is 8.50. The van der Waals surface area contributed by atoms with Crippen LogP contribution in [0.2, 0.25) is 0 Å². The Labute approximate surface area is 184 Å². The summed E-state index contributed by atoms with van der Waals surface area (Å²) in [7, 11) is 0. The van der Waals surface area contributed by atoms with E-state index in [-0.39, 0.29) is 6.42 Å². The van der Waals surface area contributed by atoms with Crippen molar-refractivity contribution in [1.29, 1.82) is 0 Å². The fourth-order valence-corrected chi connectivity index (χ4v) is 3.18. The zero-order chi connectivity index (χ0) is 23.3. The molecule has 0 radical (unpaired) electrons. The Morgan fingerprint density at radius 3 is 1.87 bits per heavy atom. The summed E-state index contributed by atoms with van der Waals surface area (Å²) in [5.74, 6) is -2.98. The average molecular weight is 466 g/mol. The van der Waals surface area contributed by atoms with Gasteiger partial charge in [0.1, 0.15) is 18.1 Å². The van der Waals surface area contributed by atoms with E-state index in [1.807, 2.05) is 12.5 Å². The van der Waals surface area contributed by atoms with Gasteiger partial charge in [0, 0.05) is 0 Å². The highest BCUT2D eigenvalue weighted by Gasteiger charge is 2.30. The van der Waals surface area contributed by atoms with E-state index < -0.39 is 60.2 Å². The van der Waals surface area contributed by atoms with E-state index in [1.54, 1.807) is 0 Å². The highest BCUT2D eigenvalue weighted by atomic mass is 32.2. The number of nitrogens with one attached hydrogen (secondary N) is 3. The van der Waals surface area contributed by atoms with E-state index in [2.05, 4.69) is 16.0 Å². The zero-order valence-corrected chi connectivity index (χ0v) is 18.9. The van der Waals surface area contributed by atoms with Crippen LogP contribution in [0.4, 0.5) is 0 Å². The van der Waals surface area contributed by atoms with Crippen LogP contribution in [0, 0.1) is 0 Å². The van der Waals surface area contributed by atoms with E-state index in [0.717, 1.165) is 0 Å². The van der Waals surface area contributed by atoms with Gasteiger partial charge >= 0.3 is 5.97 Å². The lowest BCUT2D eigenvalue weighted by Gasteiger charge is -2.24. The Hall–Kier alpha value is -1.99. The lowest BCUT2D eigenvalue weighted by atomic mass is 10.1. The fourth-order valence-electron chi connectivity index (χ4n) is 2.22. The summed E-state index contributed by atoms with van der Waals surface area (Å²) in [6, 6.07) is -4.38. The Morgan fingerprint density at radius 1 is 0.867 bits per heavy atom. The van der Waals surface area contributed by atoms with E-state index >= 15 is 0 Å². The van der Waals surface area contributed by atoms with Crippen molar-refractivity contribution in [2.24, 2.45) is 11.5 Å².